The molecule has 0 radical (unpaired) electrons. The lowest BCUT2D eigenvalue weighted by atomic mass is 10.1. The molecule has 1 N–H and O–H groups in total. The predicted molar refractivity (Wildman–Crippen MR) is 72.3 cm³/mol. The number of benzene rings is 1. The maximum absolute atomic E-state index is 13.9. The molecule has 2 nitrogen and oxygen atoms in total. The average molecular weight is 310 g/mol. The van der Waals surface area contributed by atoms with E-state index in [1.807, 2.05) is 13.8 Å². The Hall–Kier alpha value is -1.37. The van der Waals surface area contributed by atoms with Gasteiger partial charge in [-0.1, -0.05) is 13.8 Å². The molecule has 0 aliphatic carbocycles. The fourth-order valence-corrected chi connectivity index (χ4v) is 1.81. The van der Waals surface area contributed by atoms with E-state index in [4.69, 9.17) is 0 Å². The predicted octanol–water partition coefficient (Wildman–Crippen LogP) is 3.85. The van der Waals surface area contributed by atoms with Crippen molar-refractivity contribution in [1.29, 1.82) is 0 Å². The fourth-order valence-electron chi connectivity index (χ4n) is 1.81. The fraction of sp³-hybridized carbons (Fsp3) is 0.571. The third-order valence-corrected chi connectivity index (χ3v) is 2.90. The number of halogens is 5. The summed E-state index contributed by atoms with van der Waals surface area (Å²) >= 11 is 0. The number of hydrogen-bond donors (Lipinski definition) is 1. The molecular weight excluding hydrogens is 291 g/mol. The third-order valence-electron chi connectivity index (χ3n) is 2.90. The second-order valence-corrected chi connectivity index (χ2v) is 5.23. The molecule has 0 aliphatic heterocycles. The molecule has 0 aromatic heterocycles. The van der Waals surface area contributed by atoms with Crippen LogP contribution in [0.2, 0.25) is 0 Å². The Kier molecular flexibility index (Phi) is 5.95. The highest BCUT2D eigenvalue weighted by molar-refractivity contribution is 5.50. The molecule has 0 bridgehead atoms. The lowest BCUT2D eigenvalue weighted by Crippen LogP contribution is -2.26. The van der Waals surface area contributed by atoms with E-state index in [9.17, 15) is 22.0 Å². The van der Waals surface area contributed by atoms with Crippen molar-refractivity contribution in [2.75, 3.05) is 18.5 Å². The van der Waals surface area contributed by atoms with Gasteiger partial charge in [0.1, 0.15) is 17.3 Å². The maximum Gasteiger partial charge on any atom is 0.390 e. The van der Waals surface area contributed by atoms with Gasteiger partial charge in [0.25, 0.3) is 0 Å². The number of nitrogens with zero attached hydrogens (tertiary/aromatic N) is 1. The summed E-state index contributed by atoms with van der Waals surface area (Å²) in [5, 5.41) is 3.01. The lowest BCUT2D eigenvalue weighted by molar-refractivity contribution is -0.132. The van der Waals surface area contributed by atoms with Crippen LogP contribution in [0.25, 0.3) is 0 Å². The van der Waals surface area contributed by atoms with E-state index in [1.165, 1.54) is 7.05 Å². The molecule has 0 unspecified atom stereocenters. The Labute approximate surface area is 120 Å². The van der Waals surface area contributed by atoms with Gasteiger partial charge in [-0.2, -0.15) is 13.2 Å². The summed E-state index contributed by atoms with van der Waals surface area (Å²) in [6, 6.07) is 2.43. The molecule has 0 fully saturated rings. The maximum atomic E-state index is 13.9. The highest BCUT2D eigenvalue weighted by atomic mass is 19.4. The van der Waals surface area contributed by atoms with E-state index in [0.717, 1.165) is 17.0 Å². The summed E-state index contributed by atoms with van der Waals surface area (Å²) < 4.78 is 64.3. The lowest BCUT2D eigenvalue weighted by Gasteiger charge is -2.22. The van der Waals surface area contributed by atoms with Crippen molar-refractivity contribution in [3.8, 4) is 0 Å². The van der Waals surface area contributed by atoms with Gasteiger partial charge in [0.2, 0.25) is 0 Å². The van der Waals surface area contributed by atoms with Crippen molar-refractivity contribution >= 4 is 5.69 Å². The number of hydrogen-bond acceptors (Lipinski definition) is 2. The van der Waals surface area contributed by atoms with Gasteiger partial charge in [-0.25, -0.2) is 8.78 Å². The van der Waals surface area contributed by atoms with E-state index < -0.39 is 36.5 Å². The summed E-state index contributed by atoms with van der Waals surface area (Å²) in [6.07, 6.45) is -5.48. The van der Waals surface area contributed by atoms with Crippen molar-refractivity contribution in [2.24, 2.45) is 0 Å². The highest BCUT2D eigenvalue weighted by Crippen LogP contribution is 2.26. The summed E-state index contributed by atoms with van der Waals surface area (Å²) in [7, 11) is 1.24. The molecule has 0 atom stereocenters. The third kappa shape index (κ3) is 5.87. The zero-order chi connectivity index (χ0) is 16.2. The monoisotopic (exact) mass is 310 g/mol. The molecule has 0 heterocycles. The van der Waals surface area contributed by atoms with Crippen LogP contribution in [0, 0.1) is 11.6 Å². The van der Waals surface area contributed by atoms with Crippen molar-refractivity contribution in [2.45, 2.75) is 39.0 Å². The molecule has 0 amide bonds. The van der Waals surface area contributed by atoms with Gasteiger partial charge in [-0.3, -0.25) is 0 Å². The molecule has 0 saturated heterocycles. The second kappa shape index (κ2) is 7.06. The largest absolute Gasteiger partial charge is 0.390 e. The van der Waals surface area contributed by atoms with Crippen LogP contribution in [0.3, 0.4) is 0 Å². The van der Waals surface area contributed by atoms with Gasteiger partial charge in [-0.05, 0) is 17.7 Å². The first-order valence-electron chi connectivity index (χ1n) is 6.59. The van der Waals surface area contributed by atoms with Crippen LogP contribution in [0.15, 0.2) is 12.1 Å². The average Bonchev–Trinajstić information content (AvgIpc) is 2.32. The zero-order valence-corrected chi connectivity index (χ0v) is 12.2. The summed E-state index contributed by atoms with van der Waals surface area (Å²) in [4.78, 5) is 0.942. The molecule has 0 aliphatic rings. The van der Waals surface area contributed by atoms with Crippen LogP contribution in [0.4, 0.5) is 27.6 Å². The molecule has 120 valence electrons. The topological polar surface area (TPSA) is 15.3 Å². The number of anilines is 1. The molecule has 21 heavy (non-hydrogen) atoms. The van der Waals surface area contributed by atoms with Gasteiger partial charge in [0, 0.05) is 26.2 Å². The number of rotatable bonds is 6. The van der Waals surface area contributed by atoms with Crippen LogP contribution in [0.5, 0.6) is 0 Å². The molecule has 7 heteroatoms. The zero-order valence-electron chi connectivity index (χ0n) is 12.2. The normalized spacial score (nSPS) is 12.0. The molecule has 1 aromatic rings. The minimum atomic E-state index is -4.36. The first-order valence-corrected chi connectivity index (χ1v) is 6.59. The summed E-state index contributed by atoms with van der Waals surface area (Å²) in [5.41, 5.74) is -0.0285. The molecular formula is C14H19F5N2. The van der Waals surface area contributed by atoms with Crippen molar-refractivity contribution < 1.29 is 22.0 Å². The first kappa shape index (κ1) is 17.7. The SMILES string of the molecule is CC(C)NCc1cc(F)c(N(C)CCC(F)(F)F)c(F)c1. The summed E-state index contributed by atoms with van der Waals surface area (Å²) in [6.45, 7) is 3.58. The quantitative estimate of drug-likeness (QED) is 0.803. The Morgan fingerprint density at radius 3 is 2.10 bits per heavy atom. The Balaban J connectivity index is 2.83. The number of nitrogens with one attached hydrogen (secondary N) is 1. The van der Waals surface area contributed by atoms with Crippen molar-refractivity contribution in [1.82, 2.24) is 5.32 Å². The van der Waals surface area contributed by atoms with Crippen LogP contribution < -0.4 is 10.2 Å². The standard InChI is InChI=1S/C14H19F5N2/c1-9(2)20-8-10-6-11(15)13(12(16)7-10)21(3)5-4-14(17,18)19/h6-7,9,20H,4-5,8H2,1-3H3. The Bertz CT molecular complexity index is 448. The van der Waals surface area contributed by atoms with E-state index in [2.05, 4.69) is 5.32 Å². The van der Waals surface area contributed by atoms with E-state index in [-0.39, 0.29) is 12.6 Å². The minimum absolute atomic E-state index is 0.158. The smallest absolute Gasteiger partial charge is 0.370 e. The van der Waals surface area contributed by atoms with E-state index in [1.54, 1.807) is 0 Å². The molecule has 0 saturated carbocycles. The van der Waals surface area contributed by atoms with Crippen molar-refractivity contribution in [3.63, 3.8) is 0 Å². The Morgan fingerprint density at radius 1 is 1.14 bits per heavy atom. The van der Waals surface area contributed by atoms with E-state index >= 15 is 0 Å². The van der Waals surface area contributed by atoms with Gasteiger partial charge in [-0.15, -0.1) is 0 Å². The van der Waals surface area contributed by atoms with Gasteiger partial charge in [0.05, 0.1) is 6.42 Å². The van der Waals surface area contributed by atoms with Crippen LogP contribution in [0.1, 0.15) is 25.8 Å². The van der Waals surface area contributed by atoms with Crippen LogP contribution in [-0.2, 0) is 6.54 Å². The van der Waals surface area contributed by atoms with Gasteiger partial charge in [0.15, 0.2) is 0 Å². The Morgan fingerprint density at radius 2 is 1.67 bits per heavy atom. The van der Waals surface area contributed by atoms with Crippen molar-refractivity contribution in [3.05, 3.63) is 29.3 Å². The van der Waals surface area contributed by atoms with E-state index in [0.29, 0.717) is 5.56 Å². The molecule has 1 rings (SSSR count). The number of alkyl halides is 3. The molecule has 1 aromatic carbocycles. The van der Waals surface area contributed by atoms with Gasteiger partial charge >= 0.3 is 6.18 Å². The van der Waals surface area contributed by atoms with Gasteiger partial charge < -0.3 is 10.2 Å². The summed E-state index contributed by atoms with van der Waals surface area (Å²) in [5.74, 6) is -1.72. The van der Waals surface area contributed by atoms with Crippen LogP contribution >= 0.6 is 0 Å². The molecule has 0 spiro atoms. The second-order valence-electron chi connectivity index (χ2n) is 5.23. The first-order chi connectivity index (χ1) is 9.60. The van der Waals surface area contributed by atoms with Crippen LogP contribution in [-0.4, -0.2) is 25.8 Å². The highest BCUT2D eigenvalue weighted by Gasteiger charge is 2.28. The minimum Gasteiger partial charge on any atom is -0.370 e.